The number of likely N-dealkylation sites (tertiary alicyclic amines) is 1. The number of imide groups is 1. The van der Waals surface area contributed by atoms with Crippen molar-refractivity contribution in [1.82, 2.24) is 9.88 Å². The van der Waals surface area contributed by atoms with Crippen LogP contribution in [0.15, 0.2) is 54.4 Å². The Morgan fingerprint density at radius 1 is 1.27 bits per heavy atom. The number of hydrogen-bond donors (Lipinski definition) is 1. The molecule has 0 aliphatic carbocycles. The zero-order valence-corrected chi connectivity index (χ0v) is 14.3. The largest absolute Gasteiger partial charge is 0.509 e. The van der Waals surface area contributed by atoms with Crippen molar-refractivity contribution in [2.24, 2.45) is 0 Å². The number of aliphatic hydroxyl groups is 1. The van der Waals surface area contributed by atoms with Crippen LogP contribution in [0.25, 0.3) is 5.57 Å². The van der Waals surface area contributed by atoms with Crippen molar-refractivity contribution in [2.45, 2.75) is 18.9 Å². The number of aliphatic hydroxyl groups excluding tert-OH is 1. The van der Waals surface area contributed by atoms with Crippen molar-refractivity contribution in [3.63, 3.8) is 0 Å². The van der Waals surface area contributed by atoms with Crippen LogP contribution in [0.5, 0.6) is 0 Å². The van der Waals surface area contributed by atoms with Gasteiger partial charge in [0.1, 0.15) is 17.4 Å². The quantitative estimate of drug-likeness (QED) is 0.510. The van der Waals surface area contributed by atoms with Gasteiger partial charge in [0.05, 0.1) is 11.7 Å². The van der Waals surface area contributed by atoms with Gasteiger partial charge in [-0.25, -0.2) is 0 Å². The molecule has 1 atom stereocenters. The van der Waals surface area contributed by atoms with Gasteiger partial charge < -0.3 is 5.11 Å². The monoisotopic (exact) mass is 367 g/mol. The molecule has 7 heteroatoms. The Morgan fingerprint density at radius 2 is 2.00 bits per heavy atom. The molecule has 2 heterocycles. The third-order valence-corrected chi connectivity index (χ3v) is 4.38. The highest BCUT2D eigenvalue weighted by Crippen LogP contribution is 2.29. The summed E-state index contributed by atoms with van der Waals surface area (Å²) in [6, 6.07) is 12.1. The Kier molecular flexibility index (Phi) is 5.01. The van der Waals surface area contributed by atoms with Crippen molar-refractivity contribution in [3.05, 3.63) is 70.7 Å². The first-order chi connectivity index (χ1) is 12.5. The van der Waals surface area contributed by atoms with Gasteiger partial charge in [-0.15, -0.1) is 0 Å². The summed E-state index contributed by atoms with van der Waals surface area (Å²) in [6.07, 6.45) is 1.84. The minimum absolute atomic E-state index is 0.0563. The molecule has 26 heavy (non-hydrogen) atoms. The maximum Gasteiger partial charge on any atom is 0.261 e. The molecule has 130 valence electrons. The molecule has 2 amide bonds. The van der Waals surface area contributed by atoms with E-state index in [0.29, 0.717) is 5.02 Å². The van der Waals surface area contributed by atoms with E-state index >= 15 is 0 Å². The van der Waals surface area contributed by atoms with Crippen LogP contribution >= 0.6 is 11.6 Å². The molecule has 1 saturated heterocycles. The first kappa shape index (κ1) is 17.6. The smallest absolute Gasteiger partial charge is 0.261 e. The van der Waals surface area contributed by atoms with Gasteiger partial charge in [-0.2, -0.15) is 5.26 Å². The molecule has 1 aromatic carbocycles. The van der Waals surface area contributed by atoms with E-state index in [1.807, 2.05) is 6.07 Å². The molecule has 1 aliphatic rings. The maximum absolute atomic E-state index is 12.8. The van der Waals surface area contributed by atoms with Crippen molar-refractivity contribution < 1.29 is 14.7 Å². The lowest BCUT2D eigenvalue weighted by Gasteiger charge is -2.23. The number of nitrogens with zero attached hydrogens (tertiary/aromatic N) is 3. The van der Waals surface area contributed by atoms with Gasteiger partial charge in [0.15, 0.2) is 0 Å². The molecule has 0 saturated carbocycles. The molecule has 1 aliphatic heterocycles. The van der Waals surface area contributed by atoms with E-state index in [0.717, 1.165) is 4.90 Å². The third kappa shape index (κ3) is 3.30. The Morgan fingerprint density at radius 3 is 2.62 bits per heavy atom. The van der Waals surface area contributed by atoms with Gasteiger partial charge in [0, 0.05) is 23.2 Å². The van der Waals surface area contributed by atoms with Crippen molar-refractivity contribution >= 4 is 29.0 Å². The van der Waals surface area contributed by atoms with Gasteiger partial charge in [-0.05, 0) is 42.8 Å². The summed E-state index contributed by atoms with van der Waals surface area (Å²) in [5.41, 5.74) is 0.503. The molecule has 2 aromatic rings. The van der Waals surface area contributed by atoms with Gasteiger partial charge in [-0.3, -0.25) is 19.5 Å². The molecule has 1 N–H and O–H groups in total. The molecular weight excluding hydrogens is 354 g/mol. The van der Waals surface area contributed by atoms with Gasteiger partial charge in [0.25, 0.3) is 5.91 Å². The Bertz CT molecular complexity index is 917. The van der Waals surface area contributed by atoms with E-state index in [9.17, 15) is 20.0 Å². The van der Waals surface area contributed by atoms with E-state index < -0.39 is 17.9 Å². The van der Waals surface area contributed by atoms with Crippen LogP contribution in [0.4, 0.5) is 0 Å². The maximum atomic E-state index is 12.8. The van der Waals surface area contributed by atoms with E-state index in [-0.39, 0.29) is 35.4 Å². The second-order valence-corrected chi connectivity index (χ2v) is 6.15. The van der Waals surface area contributed by atoms with Crippen molar-refractivity contribution in [1.29, 1.82) is 5.26 Å². The Balaban J connectivity index is 1.99. The lowest BCUT2D eigenvalue weighted by atomic mass is 10.0. The number of amides is 2. The zero-order valence-electron chi connectivity index (χ0n) is 13.6. The fraction of sp³-hybridized carbons (Fsp3) is 0.158. The summed E-state index contributed by atoms with van der Waals surface area (Å²) in [5, 5.41) is 20.5. The summed E-state index contributed by atoms with van der Waals surface area (Å²) >= 11 is 5.83. The summed E-state index contributed by atoms with van der Waals surface area (Å²) in [4.78, 5) is 30.1. The lowest BCUT2D eigenvalue weighted by Crippen LogP contribution is -2.40. The number of carbonyl (C=O) groups excluding carboxylic acids is 2. The van der Waals surface area contributed by atoms with Crippen LogP contribution < -0.4 is 0 Å². The molecule has 1 aromatic heterocycles. The van der Waals surface area contributed by atoms with Gasteiger partial charge in [-0.1, -0.05) is 17.7 Å². The predicted octanol–water partition coefficient (Wildman–Crippen LogP) is 3.36. The molecule has 3 rings (SSSR count). The number of carbonyl (C=O) groups is 2. The van der Waals surface area contributed by atoms with E-state index in [4.69, 9.17) is 11.6 Å². The second kappa shape index (κ2) is 7.38. The third-order valence-electron chi connectivity index (χ3n) is 4.13. The normalized spacial score (nSPS) is 17.6. The Labute approximate surface area is 155 Å². The molecule has 1 fully saturated rings. The number of allylic oxidation sites excluding steroid dienone is 1. The zero-order chi connectivity index (χ0) is 18.7. The van der Waals surface area contributed by atoms with Crippen LogP contribution in [0.3, 0.4) is 0 Å². The summed E-state index contributed by atoms with van der Waals surface area (Å²) < 4.78 is 0. The van der Waals surface area contributed by atoms with Crippen LogP contribution in [0.1, 0.15) is 28.9 Å². The van der Waals surface area contributed by atoms with E-state index in [1.165, 1.54) is 18.3 Å². The van der Waals surface area contributed by atoms with E-state index in [1.54, 1.807) is 30.3 Å². The van der Waals surface area contributed by atoms with Crippen LogP contribution in [-0.4, -0.2) is 32.8 Å². The highest BCUT2D eigenvalue weighted by Gasteiger charge is 2.40. The van der Waals surface area contributed by atoms with E-state index in [2.05, 4.69) is 4.98 Å². The number of hydrogen-bond acceptors (Lipinski definition) is 5. The number of benzene rings is 1. The topological polar surface area (TPSA) is 94.3 Å². The average molecular weight is 368 g/mol. The van der Waals surface area contributed by atoms with Gasteiger partial charge >= 0.3 is 0 Å². The lowest BCUT2D eigenvalue weighted by molar-refractivity contribution is -0.126. The average Bonchev–Trinajstić information content (AvgIpc) is 3.04. The highest BCUT2D eigenvalue weighted by atomic mass is 35.5. The molecule has 6 nitrogen and oxygen atoms in total. The van der Waals surface area contributed by atoms with Crippen LogP contribution in [0, 0.1) is 11.3 Å². The number of pyridine rings is 1. The van der Waals surface area contributed by atoms with Crippen LogP contribution in [-0.2, 0) is 4.79 Å². The highest BCUT2D eigenvalue weighted by molar-refractivity contribution is 6.30. The number of rotatable bonds is 3. The molecule has 1 unspecified atom stereocenters. The first-order valence-corrected chi connectivity index (χ1v) is 8.27. The standard InChI is InChI=1S/C19H14ClN3O3/c20-13-6-4-12(5-7-13)19(26)23-16(8-9-17(23)24)18(25)14(11-21)15-3-1-2-10-22-15/h1-7,10,16,25H,8-9H2. The number of halogens is 1. The minimum atomic E-state index is -0.901. The van der Waals surface area contributed by atoms with Crippen molar-refractivity contribution in [3.8, 4) is 6.07 Å². The fourth-order valence-corrected chi connectivity index (χ4v) is 2.98. The first-order valence-electron chi connectivity index (χ1n) is 7.89. The summed E-state index contributed by atoms with van der Waals surface area (Å²) in [5.74, 6) is -1.28. The van der Waals surface area contributed by atoms with Gasteiger partial charge in [0.2, 0.25) is 5.91 Å². The molecule has 0 radical (unpaired) electrons. The number of nitriles is 1. The van der Waals surface area contributed by atoms with Crippen molar-refractivity contribution in [2.75, 3.05) is 0 Å². The summed E-state index contributed by atoms with van der Waals surface area (Å²) in [6.45, 7) is 0. The number of aromatic nitrogens is 1. The Hall–Kier alpha value is -3.17. The molecular formula is C19H14ClN3O3. The summed E-state index contributed by atoms with van der Waals surface area (Å²) in [7, 11) is 0. The minimum Gasteiger partial charge on any atom is -0.509 e. The molecule has 0 bridgehead atoms. The molecule has 0 spiro atoms. The predicted molar refractivity (Wildman–Crippen MR) is 95.0 cm³/mol. The second-order valence-electron chi connectivity index (χ2n) is 5.72. The fourth-order valence-electron chi connectivity index (χ4n) is 2.85. The SMILES string of the molecule is N#CC(=C(O)C1CCC(=O)N1C(=O)c1ccc(Cl)cc1)c1ccccn1. The van der Waals surface area contributed by atoms with Crippen LogP contribution in [0.2, 0.25) is 5.02 Å².